The van der Waals surface area contributed by atoms with Gasteiger partial charge in [0, 0.05) is 0 Å². The molecule has 0 saturated carbocycles. The summed E-state index contributed by atoms with van der Waals surface area (Å²) in [5.41, 5.74) is 0. The second-order valence-electron chi connectivity index (χ2n) is 0. The summed E-state index contributed by atoms with van der Waals surface area (Å²) in [6.07, 6.45) is 0. The van der Waals surface area contributed by atoms with Crippen LogP contribution in [0, 0.1) is 0 Å². The van der Waals surface area contributed by atoms with Gasteiger partial charge in [0.25, 0.3) is 0 Å². The van der Waals surface area contributed by atoms with E-state index in [1.165, 1.54) is 0 Å². The Morgan fingerprint density at radius 2 is 1.00 bits per heavy atom. The van der Waals surface area contributed by atoms with Crippen LogP contribution in [0.1, 0.15) is 0 Å². The van der Waals surface area contributed by atoms with E-state index in [-0.39, 0.29) is 11.0 Å². The SMILES string of the molecule is O.O.[S]=[Fe]. The third kappa shape index (κ3) is 16.8. The fraction of sp³-hybridized carbons (Fsp3) is 0. The molecule has 0 rings (SSSR count). The molecule has 0 atom stereocenters. The Bertz CT molecular complexity index is 6.00. The quantitative estimate of drug-likeness (QED) is 0.382. The summed E-state index contributed by atoms with van der Waals surface area (Å²) in [6.45, 7) is 0. The van der Waals surface area contributed by atoms with Gasteiger partial charge < -0.3 is 11.0 Å². The van der Waals surface area contributed by atoms with Crippen molar-refractivity contribution < 1.29 is 25.3 Å². The third-order valence-electron chi connectivity index (χ3n) is 0. The van der Waals surface area contributed by atoms with Gasteiger partial charge in [-0.3, -0.25) is 0 Å². The van der Waals surface area contributed by atoms with E-state index in [2.05, 4.69) is 24.9 Å². The van der Waals surface area contributed by atoms with Crippen LogP contribution in [0.2, 0.25) is 0 Å². The van der Waals surface area contributed by atoms with Gasteiger partial charge in [0.1, 0.15) is 0 Å². The Balaban J connectivity index is -0.00000000500. The van der Waals surface area contributed by atoms with Gasteiger partial charge in [-0.2, -0.15) is 0 Å². The zero-order valence-electron chi connectivity index (χ0n) is 1.76. The number of rotatable bonds is 0. The van der Waals surface area contributed by atoms with Crippen molar-refractivity contribution in [2.45, 2.75) is 0 Å². The second-order valence-corrected chi connectivity index (χ2v) is 0. The van der Waals surface area contributed by atoms with Crippen molar-refractivity contribution in [3.05, 3.63) is 0 Å². The summed E-state index contributed by atoms with van der Waals surface area (Å²) in [4.78, 5) is 0. The molecule has 4 N–H and O–H groups in total. The number of hydrogen-bond donors (Lipinski definition) is 0. The van der Waals surface area contributed by atoms with E-state index in [0.717, 1.165) is 0 Å². The predicted molar refractivity (Wildman–Crippen MR) is 14.8 cm³/mol. The van der Waals surface area contributed by atoms with E-state index < -0.39 is 0 Å². The van der Waals surface area contributed by atoms with Crippen LogP contribution in [0.3, 0.4) is 0 Å². The van der Waals surface area contributed by atoms with Crippen LogP contribution in [0.15, 0.2) is 0 Å². The monoisotopic (exact) mass is 124 g/mol. The average Bonchev–Trinajstić information content (AvgIpc) is 1.00. The molecule has 4 heteroatoms. The van der Waals surface area contributed by atoms with E-state index >= 15 is 0 Å². The van der Waals surface area contributed by atoms with Gasteiger partial charge in [0.15, 0.2) is 0 Å². The molecule has 0 heterocycles. The first-order chi connectivity index (χ1) is 1.00. The first-order valence-electron chi connectivity index (χ1n) is 0.144. The van der Waals surface area contributed by atoms with E-state index in [1.54, 1.807) is 0 Å². The molecule has 0 aliphatic carbocycles. The van der Waals surface area contributed by atoms with Crippen molar-refractivity contribution in [3.8, 4) is 0 Å². The van der Waals surface area contributed by atoms with Crippen LogP contribution in [-0.4, -0.2) is 11.0 Å². The molecule has 0 spiro atoms. The topological polar surface area (TPSA) is 63.0 Å². The van der Waals surface area contributed by atoms with Crippen LogP contribution in [-0.2, 0) is 14.4 Å². The van der Waals surface area contributed by atoms with Crippen LogP contribution in [0.5, 0.6) is 0 Å². The Labute approximate surface area is 36.5 Å². The van der Waals surface area contributed by atoms with Crippen LogP contribution < -0.4 is 0 Å². The van der Waals surface area contributed by atoms with Crippen LogP contribution in [0.25, 0.3) is 0 Å². The van der Waals surface area contributed by atoms with Gasteiger partial charge in [-0.05, 0) is 0 Å². The molecule has 0 amide bonds. The zero-order chi connectivity index (χ0) is 2.00. The van der Waals surface area contributed by atoms with Crippen molar-refractivity contribution in [3.63, 3.8) is 0 Å². The van der Waals surface area contributed by atoms with Gasteiger partial charge in [-0.25, -0.2) is 0 Å². The van der Waals surface area contributed by atoms with Crippen LogP contribution in [0.4, 0.5) is 0 Å². The van der Waals surface area contributed by atoms with E-state index in [9.17, 15) is 0 Å². The summed E-state index contributed by atoms with van der Waals surface area (Å²) in [6, 6.07) is 0. The molecule has 30 valence electrons. The summed E-state index contributed by atoms with van der Waals surface area (Å²) < 4.78 is 0. The zero-order valence-corrected chi connectivity index (χ0v) is 3.68. The van der Waals surface area contributed by atoms with Gasteiger partial charge in [-0.1, -0.05) is 0 Å². The third-order valence-corrected chi connectivity index (χ3v) is 0. The van der Waals surface area contributed by atoms with Crippen molar-refractivity contribution in [2.24, 2.45) is 0 Å². The molecular formula is H4FeO2S. The van der Waals surface area contributed by atoms with Gasteiger partial charge in [0.2, 0.25) is 0 Å². The maximum absolute atomic E-state index is 3.83. The predicted octanol–water partition coefficient (Wildman–Crippen LogP) is -1.00. The van der Waals surface area contributed by atoms with Crippen molar-refractivity contribution in [1.29, 1.82) is 0 Å². The summed E-state index contributed by atoms with van der Waals surface area (Å²) >= 11 is 2.83. The molecule has 0 unspecified atom stereocenters. The van der Waals surface area contributed by atoms with E-state index in [0.29, 0.717) is 0 Å². The minimum absolute atomic E-state index is 0. The molecule has 0 bridgehead atoms. The Hall–Kier alpha value is 0.659. The van der Waals surface area contributed by atoms with Crippen LogP contribution >= 0.6 is 10.6 Å². The Kier molecular flexibility index (Phi) is 337. The van der Waals surface area contributed by atoms with Crippen molar-refractivity contribution in [2.75, 3.05) is 0 Å². The summed E-state index contributed by atoms with van der Waals surface area (Å²) in [5, 5.41) is 0. The fourth-order valence-electron chi connectivity index (χ4n) is 0. The standard InChI is InChI=1S/Fe.2H2O.S/h;2*1H2;. The van der Waals surface area contributed by atoms with Gasteiger partial charge in [0.05, 0.1) is 0 Å². The summed E-state index contributed by atoms with van der Waals surface area (Å²) in [7, 11) is 3.83. The van der Waals surface area contributed by atoms with E-state index in [4.69, 9.17) is 0 Å². The van der Waals surface area contributed by atoms with Gasteiger partial charge >= 0.3 is 24.9 Å². The Morgan fingerprint density at radius 3 is 1.00 bits per heavy atom. The molecule has 0 aromatic heterocycles. The second kappa shape index (κ2) is 59.5. The molecule has 0 saturated heterocycles. The molecule has 0 aliphatic heterocycles. The number of hydrogen-bond acceptors (Lipinski definition) is 1. The molecule has 0 fully saturated rings. The molecule has 0 aliphatic rings. The van der Waals surface area contributed by atoms with Gasteiger partial charge in [-0.15, -0.1) is 0 Å². The first kappa shape index (κ1) is 22.7. The normalized spacial score (nSPS) is 1.25. The van der Waals surface area contributed by atoms with Crippen molar-refractivity contribution in [1.82, 2.24) is 0 Å². The average molecular weight is 124 g/mol. The molecular weight excluding hydrogens is 120 g/mol. The maximum atomic E-state index is 3.83. The minimum atomic E-state index is 0. The fourth-order valence-corrected chi connectivity index (χ4v) is 0. The first-order valence-corrected chi connectivity index (χ1v) is 1.79. The molecule has 2 nitrogen and oxygen atoms in total. The Morgan fingerprint density at radius 1 is 1.00 bits per heavy atom. The summed E-state index contributed by atoms with van der Waals surface area (Å²) in [5.74, 6) is 0. The molecule has 0 aromatic rings. The van der Waals surface area contributed by atoms with Crippen molar-refractivity contribution >= 4 is 10.6 Å². The molecule has 0 radical (unpaired) electrons. The molecule has 0 aromatic carbocycles. The molecule has 4 heavy (non-hydrogen) atoms. The van der Waals surface area contributed by atoms with E-state index in [1.807, 2.05) is 0 Å².